The average molecular weight is 427 g/mol. The van der Waals surface area contributed by atoms with Crippen LogP contribution in [0.2, 0.25) is 0 Å². The largest absolute Gasteiger partial charge is 0.481 e. The van der Waals surface area contributed by atoms with Crippen molar-refractivity contribution in [3.05, 3.63) is 48.0 Å². The van der Waals surface area contributed by atoms with Gasteiger partial charge in [0.05, 0.1) is 6.10 Å². The summed E-state index contributed by atoms with van der Waals surface area (Å²) < 4.78 is 0. The summed E-state index contributed by atoms with van der Waals surface area (Å²) in [5, 5.41) is 24.3. The van der Waals surface area contributed by atoms with E-state index in [2.05, 4.69) is 5.32 Å². The van der Waals surface area contributed by atoms with E-state index in [4.69, 9.17) is 0 Å². The number of imide groups is 1. The molecular weight excluding hydrogens is 402 g/mol. The smallest absolute Gasteiger partial charge is 0.310 e. The highest BCUT2D eigenvalue weighted by Crippen LogP contribution is 2.45. The molecule has 3 aliphatic heterocycles. The quantitative estimate of drug-likeness (QED) is 0.399. The zero-order chi connectivity index (χ0) is 22.3. The highest BCUT2D eigenvalue weighted by Gasteiger charge is 2.65. The molecule has 2 fully saturated rings. The number of carbonyl (C=O) groups excluding carboxylic acids is 3. The second-order valence-electron chi connectivity index (χ2n) is 8.29. The molecule has 0 aliphatic carbocycles. The van der Waals surface area contributed by atoms with Gasteiger partial charge in [-0.2, -0.15) is 0 Å². The first-order chi connectivity index (χ1) is 14.8. The summed E-state index contributed by atoms with van der Waals surface area (Å²) >= 11 is 0. The molecule has 31 heavy (non-hydrogen) atoms. The van der Waals surface area contributed by atoms with Crippen molar-refractivity contribution >= 4 is 23.6 Å². The molecule has 3 aliphatic rings. The molecule has 9 heteroatoms. The molecule has 2 amide bonds. The van der Waals surface area contributed by atoms with Crippen LogP contribution < -0.4 is 5.32 Å². The number of aliphatic hydroxyl groups is 1. The maximum atomic E-state index is 13.8. The maximum Gasteiger partial charge on any atom is 0.310 e. The van der Waals surface area contributed by atoms with Crippen molar-refractivity contribution in [2.75, 3.05) is 20.1 Å². The molecule has 3 N–H and O–H groups in total. The van der Waals surface area contributed by atoms with E-state index < -0.39 is 47.2 Å². The number of nitrogens with zero attached hydrogens (tertiary/aromatic N) is 2. The Morgan fingerprint density at radius 2 is 1.77 bits per heavy atom. The molecule has 4 rings (SSSR count). The van der Waals surface area contributed by atoms with E-state index in [0.29, 0.717) is 18.4 Å². The van der Waals surface area contributed by atoms with Gasteiger partial charge >= 0.3 is 5.97 Å². The lowest BCUT2D eigenvalue weighted by atomic mass is 9.70. The van der Waals surface area contributed by atoms with E-state index in [0.717, 1.165) is 4.90 Å². The van der Waals surface area contributed by atoms with Crippen molar-refractivity contribution in [3.63, 3.8) is 0 Å². The Morgan fingerprint density at radius 1 is 1.13 bits per heavy atom. The summed E-state index contributed by atoms with van der Waals surface area (Å²) in [5.74, 6) is -3.60. The minimum Gasteiger partial charge on any atom is -0.481 e. The van der Waals surface area contributed by atoms with E-state index in [1.54, 1.807) is 37.4 Å². The second-order valence-corrected chi connectivity index (χ2v) is 8.29. The third-order valence-electron chi connectivity index (χ3n) is 6.85. The standard InChI is InChI=1S/C22H25N3O6/c1-24-14-7-8-15(24)22(20(29)18(14)21(30)31,19(28)13-5-3-2-4-6-13)23-11-12-25-16(26)9-10-17(25)27/h2-6,9-10,14-15,18,20,23,29H,7-8,11-12H2,1H3,(H,30,31)/t14-,15+,18-,20-,22?/m1/s1. The van der Waals surface area contributed by atoms with E-state index in [-0.39, 0.29) is 19.1 Å². The van der Waals surface area contributed by atoms with Crippen LogP contribution in [0.1, 0.15) is 23.2 Å². The van der Waals surface area contributed by atoms with Crippen molar-refractivity contribution in [3.8, 4) is 0 Å². The van der Waals surface area contributed by atoms with Crippen LogP contribution in [0.5, 0.6) is 0 Å². The number of hydrogen-bond donors (Lipinski definition) is 3. The van der Waals surface area contributed by atoms with E-state index in [1.807, 2.05) is 4.90 Å². The lowest BCUT2D eigenvalue weighted by Gasteiger charge is -2.52. The SMILES string of the molecule is CN1[C@@H]2CC[C@H]1C(NCCN1C(=O)C=CC1=O)(C(=O)c1ccccc1)[C@H](O)[C@@H]2C(=O)O. The maximum absolute atomic E-state index is 13.8. The number of likely N-dealkylation sites (N-methyl/N-ethyl adjacent to an activating group) is 1. The van der Waals surface area contributed by atoms with Gasteiger partial charge in [-0.25, -0.2) is 0 Å². The number of aliphatic carboxylic acids is 1. The summed E-state index contributed by atoms with van der Waals surface area (Å²) in [6, 6.07) is 7.64. The van der Waals surface area contributed by atoms with Crippen LogP contribution in [0.15, 0.2) is 42.5 Å². The van der Waals surface area contributed by atoms with Crippen LogP contribution in [-0.4, -0.2) is 87.4 Å². The monoisotopic (exact) mass is 427 g/mol. The molecule has 0 radical (unpaired) electrons. The van der Waals surface area contributed by atoms with Crippen LogP contribution in [0.25, 0.3) is 0 Å². The van der Waals surface area contributed by atoms with Gasteiger partial charge < -0.3 is 10.2 Å². The van der Waals surface area contributed by atoms with Crippen molar-refractivity contribution in [2.24, 2.45) is 5.92 Å². The fourth-order valence-electron chi connectivity index (χ4n) is 5.38. The average Bonchev–Trinajstić information content (AvgIpc) is 3.23. The number of carboxylic acids is 1. The van der Waals surface area contributed by atoms with Crippen molar-refractivity contribution in [1.29, 1.82) is 0 Å². The Balaban J connectivity index is 1.70. The van der Waals surface area contributed by atoms with E-state index in [9.17, 15) is 29.4 Å². The van der Waals surface area contributed by atoms with Gasteiger partial charge in [-0.05, 0) is 19.9 Å². The topological polar surface area (TPSA) is 127 Å². The number of amides is 2. The number of Topliss-reactive ketones (excluding diaryl/α,β-unsaturated/α-hetero) is 1. The highest BCUT2D eigenvalue weighted by molar-refractivity contribution is 6.12. The molecule has 9 nitrogen and oxygen atoms in total. The number of carboxylic acid groups (broad SMARTS) is 1. The number of benzene rings is 1. The Bertz CT molecular complexity index is 930. The van der Waals surface area contributed by atoms with Gasteiger partial charge in [0.2, 0.25) is 0 Å². The molecule has 2 bridgehead atoms. The molecule has 1 unspecified atom stereocenters. The van der Waals surface area contributed by atoms with Crippen molar-refractivity contribution in [2.45, 2.75) is 36.6 Å². The van der Waals surface area contributed by atoms with Crippen molar-refractivity contribution in [1.82, 2.24) is 15.1 Å². The molecular formula is C22H25N3O6. The molecule has 164 valence electrons. The van der Waals surface area contributed by atoms with Crippen molar-refractivity contribution < 1.29 is 29.4 Å². The Kier molecular flexibility index (Phi) is 5.50. The van der Waals surface area contributed by atoms with Crippen LogP contribution in [0, 0.1) is 5.92 Å². The number of hydrogen-bond acceptors (Lipinski definition) is 7. The van der Waals surface area contributed by atoms with Gasteiger partial charge in [0, 0.05) is 42.9 Å². The normalized spacial score (nSPS) is 32.6. The van der Waals surface area contributed by atoms with E-state index in [1.165, 1.54) is 12.2 Å². The Hall–Kier alpha value is -2.88. The predicted octanol–water partition coefficient (Wildman–Crippen LogP) is -0.339. The van der Waals surface area contributed by atoms with E-state index >= 15 is 0 Å². The molecule has 0 aromatic heterocycles. The first kappa shape index (κ1) is 21.4. The number of aliphatic hydroxyl groups excluding tert-OH is 1. The number of nitrogens with one attached hydrogen (secondary N) is 1. The van der Waals surface area contributed by atoms with Crippen LogP contribution in [-0.2, 0) is 14.4 Å². The number of carbonyl (C=O) groups is 4. The highest BCUT2D eigenvalue weighted by atomic mass is 16.4. The summed E-state index contributed by atoms with van der Waals surface area (Å²) in [7, 11) is 1.77. The van der Waals surface area contributed by atoms with Gasteiger partial charge in [-0.1, -0.05) is 30.3 Å². The zero-order valence-electron chi connectivity index (χ0n) is 17.1. The minimum atomic E-state index is -1.59. The molecule has 2 saturated heterocycles. The summed E-state index contributed by atoms with van der Waals surface area (Å²) in [6.45, 7) is 0.0367. The predicted molar refractivity (Wildman–Crippen MR) is 109 cm³/mol. The fourth-order valence-corrected chi connectivity index (χ4v) is 5.38. The Labute approximate surface area is 179 Å². The van der Waals surface area contributed by atoms with Gasteiger partial charge in [0.1, 0.15) is 11.5 Å². The number of fused-ring (bicyclic) bond motifs is 2. The van der Waals surface area contributed by atoms with Crippen LogP contribution >= 0.6 is 0 Å². The van der Waals surface area contributed by atoms with Crippen LogP contribution in [0.3, 0.4) is 0 Å². The van der Waals surface area contributed by atoms with Gasteiger partial charge in [0.15, 0.2) is 5.78 Å². The summed E-state index contributed by atoms with van der Waals surface area (Å²) in [5.41, 5.74) is -1.24. The molecule has 1 aromatic rings. The zero-order valence-corrected chi connectivity index (χ0v) is 17.1. The Morgan fingerprint density at radius 3 is 2.39 bits per heavy atom. The molecule has 0 saturated carbocycles. The lowest BCUT2D eigenvalue weighted by molar-refractivity contribution is -0.157. The first-order valence-corrected chi connectivity index (χ1v) is 10.3. The second kappa shape index (κ2) is 7.99. The molecule has 5 atom stereocenters. The van der Waals surface area contributed by atoms with Gasteiger partial charge in [0.25, 0.3) is 11.8 Å². The first-order valence-electron chi connectivity index (χ1n) is 10.3. The third-order valence-corrected chi connectivity index (χ3v) is 6.85. The van der Waals surface area contributed by atoms with Gasteiger partial charge in [-0.3, -0.25) is 34.3 Å². The minimum absolute atomic E-state index is 0.00118. The number of piperidine rings is 1. The molecule has 3 heterocycles. The van der Waals surface area contributed by atoms with Gasteiger partial charge in [-0.15, -0.1) is 0 Å². The number of ketones is 1. The molecule has 0 spiro atoms. The van der Waals surface area contributed by atoms with Crippen LogP contribution in [0.4, 0.5) is 0 Å². The number of rotatable bonds is 7. The summed E-state index contributed by atoms with van der Waals surface area (Å²) in [4.78, 5) is 52.5. The molecule has 1 aromatic carbocycles. The summed E-state index contributed by atoms with van der Waals surface area (Å²) in [6.07, 6.45) is 1.97. The third kappa shape index (κ3) is 3.29. The fraction of sp³-hybridized carbons (Fsp3) is 0.455. The lowest BCUT2D eigenvalue weighted by Crippen LogP contribution is -2.76.